The van der Waals surface area contributed by atoms with Crippen molar-refractivity contribution in [1.82, 2.24) is 14.8 Å². The number of esters is 1. The van der Waals surface area contributed by atoms with E-state index in [9.17, 15) is 9.59 Å². The van der Waals surface area contributed by atoms with E-state index < -0.39 is 6.09 Å². The summed E-state index contributed by atoms with van der Waals surface area (Å²) in [6.45, 7) is 6.69. The zero-order valence-electron chi connectivity index (χ0n) is 14.0. The Balaban J connectivity index is 1.88. The quantitative estimate of drug-likeness (QED) is 0.654. The molecule has 0 bridgehead atoms. The Hall–Kier alpha value is -2.41. The molecule has 0 aromatic carbocycles. The lowest BCUT2D eigenvalue weighted by Gasteiger charge is -2.38. The maximum atomic E-state index is 11.3. The van der Waals surface area contributed by atoms with Gasteiger partial charge in [0.05, 0.1) is 12.3 Å². The molecule has 1 aliphatic heterocycles. The lowest BCUT2D eigenvalue weighted by Crippen LogP contribution is -2.53. The zero-order chi connectivity index (χ0) is 17.5. The van der Waals surface area contributed by atoms with Crippen LogP contribution < -0.4 is 0 Å². The summed E-state index contributed by atoms with van der Waals surface area (Å²) in [6.07, 6.45) is 3.90. The third-order valence-corrected chi connectivity index (χ3v) is 3.89. The number of hydrogen-bond donors (Lipinski definition) is 1. The van der Waals surface area contributed by atoms with Crippen molar-refractivity contribution in [3.05, 3.63) is 35.7 Å². The highest BCUT2D eigenvalue weighted by Crippen LogP contribution is 2.13. The van der Waals surface area contributed by atoms with Crippen LogP contribution in [0.3, 0.4) is 0 Å². The summed E-state index contributed by atoms with van der Waals surface area (Å²) in [4.78, 5) is 30.3. The summed E-state index contributed by atoms with van der Waals surface area (Å²) in [6, 6.07) is 3.80. The Morgan fingerprint density at radius 3 is 2.79 bits per heavy atom. The highest BCUT2D eigenvalue weighted by molar-refractivity contribution is 5.86. The number of carbonyl (C=O) groups is 2. The van der Waals surface area contributed by atoms with Crippen molar-refractivity contribution in [3.8, 4) is 0 Å². The Morgan fingerprint density at radius 2 is 2.21 bits per heavy atom. The lowest BCUT2D eigenvalue weighted by molar-refractivity contribution is -0.137. The predicted molar refractivity (Wildman–Crippen MR) is 89.4 cm³/mol. The molecule has 1 atom stereocenters. The average molecular weight is 333 g/mol. The first kappa shape index (κ1) is 17.9. The molecule has 0 aliphatic carbocycles. The molecule has 2 heterocycles. The topological polar surface area (TPSA) is 83.0 Å². The maximum absolute atomic E-state index is 11.3. The van der Waals surface area contributed by atoms with Crippen LogP contribution in [0.15, 0.2) is 24.4 Å². The second kappa shape index (κ2) is 8.44. The number of piperazine rings is 1. The number of ether oxygens (including phenoxy) is 1. The molecular formula is C17H23N3O4. The summed E-state index contributed by atoms with van der Waals surface area (Å²) < 4.78 is 4.82. The summed E-state index contributed by atoms with van der Waals surface area (Å²) in [5.74, 6) is -0.381. The van der Waals surface area contributed by atoms with E-state index in [0.29, 0.717) is 31.9 Å². The fourth-order valence-electron chi connectivity index (χ4n) is 2.69. The second-order valence-corrected chi connectivity index (χ2v) is 5.74. The van der Waals surface area contributed by atoms with Gasteiger partial charge in [-0.1, -0.05) is 6.07 Å². The Kier molecular flexibility index (Phi) is 6.31. The van der Waals surface area contributed by atoms with Crippen molar-refractivity contribution in [1.29, 1.82) is 0 Å². The number of carboxylic acid groups (broad SMARTS) is 1. The van der Waals surface area contributed by atoms with Crippen molar-refractivity contribution in [3.63, 3.8) is 0 Å². The van der Waals surface area contributed by atoms with Crippen LogP contribution in [0.25, 0.3) is 6.08 Å². The molecule has 7 heteroatoms. The van der Waals surface area contributed by atoms with Crippen molar-refractivity contribution in [2.24, 2.45) is 0 Å². The van der Waals surface area contributed by atoms with Crippen LogP contribution in [0.1, 0.15) is 25.1 Å². The van der Waals surface area contributed by atoms with Gasteiger partial charge < -0.3 is 14.7 Å². The van der Waals surface area contributed by atoms with E-state index in [4.69, 9.17) is 9.84 Å². The molecule has 1 aromatic rings. The molecule has 24 heavy (non-hydrogen) atoms. The van der Waals surface area contributed by atoms with Gasteiger partial charge in [-0.15, -0.1) is 0 Å². The minimum atomic E-state index is -0.860. The van der Waals surface area contributed by atoms with E-state index in [1.807, 2.05) is 19.1 Å². The average Bonchev–Trinajstić information content (AvgIpc) is 2.54. The van der Waals surface area contributed by atoms with Crippen LogP contribution in [0.5, 0.6) is 0 Å². The number of nitrogens with zero attached hydrogens (tertiary/aromatic N) is 3. The molecule has 7 nitrogen and oxygen atoms in total. The third-order valence-electron chi connectivity index (χ3n) is 3.89. The summed E-state index contributed by atoms with van der Waals surface area (Å²) in [5.41, 5.74) is 1.75. The van der Waals surface area contributed by atoms with Gasteiger partial charge in [0.1, 0.15) is 0 Å². The minimum absolute atomic E-state index is 0.0176. The molecule has 130 valence electrons. The molecule has 1 aromatic heterocycles. The number of pyridine rings is 1. The maximum Gasteiger partial charge on any atom is 0.407 e. The summed E-state index contributed by atoms with van der Waals surface area (Å²) in [5, 5.41) is 9.10. The molecule has 0 saturated carbocycles. The SMILES string of the molecule is CCOC(=O)/C=C/c1ccc(CN2CCN(C(=O)O)[C@@H](C)C2)cn1. The van der Waals surface area contributed by atoms with Crippen molar-refractivity contribution in [2.75, 3.05) is 26.2 Å². The van der Waals surface area contributed by atoms with Crippen molar-refractivity contribution >= 4 is 18.1 Å². The van der Waals surface area contributed by atoms with Gasteiger partial charge in [-0.25, -0.2) is 9.59 Å². The Morgan fingerprint density at radius 1 is 1.42 bits per heavy atom. The van der Waals surface area contributed by atoms with Gasteiger partial charge in [-0.2, -0.15) is 0 Å². The van der Waals surface area contributed by atoms with E-state index in [1.54, 1.807) is 19.2 Å². The molecule has 1 aliphatic rings. The molecule has 0 unspecified atom stereocenters. The number of amides is 1. The van der Waals surface area contributed by atoms with Gasteiger partial charge in [0, 0.05) is 44.5 Å². The van der Waals surface area contributed by atoms with Crippen LogP contribution in [-0.4, -0.2) is 64.2 Å². The first-order chi connectivity index (χ1) is 11.5. The number of carbonyl (C=O) groups excluding carboxylic acids is 1. The van der Waals surface area contributed by atoms with Gasteiger partial charge in [-0.3, -0.25) is 9.88 Å². The molecule has 2 rings (SSSR count). The van der Waals surface area contributed by atoms with E-state index in [2.05, 4.69) is 9.88 Å². The highest BCUT2D eigenvalue weighted by atomic mass is 16.5. The molecular weight excluding hydrogens is 310 g/mol. The number of rotatable bonds is 5. The molecule has 0 spiro atoms. The number of aromatic nitrogens is 1. The van der Waals surface area contributed by atoms with Gasteiger partial charge in [0.2, 0.25) is 0 Å². The Bertz CT molecular complexity index is 600. The van der Waals surface area contributed by atoms with Gasteiger partial charge in [-0.05, 0) is 31.6 Å². The van der Waals surface area contributed by atoms with Crippen LogP contribution in [0.2, 0.25) is 0 Å². The van der Waals surface area contributed by atoms with E-state index in [1.165, 1.54) is 11.0 Å². The zero-order valence-corrected chi connectivity index (χ0v) is 14.0. The van der Waals surface area contributed by atoms with Crippen molar-refractivity contribution < 1.29 is 19.4 Å². The normalized spacial score (nSPS) is 18.8. The van der Waals surface area contributed by atoms with Gasteiger partial charge in [0.25, 0.3) is 0 Å². The lowest BCUT2D eigenvalue weighted by atomic mass is 10.1. The van der Waals surface area contributed by atoms with Crippen LogP contribution >= 0.6 is 0 Å². The van der Waals surface area contributed by atoms with Gasteiger partial charge >= 0.3 is 12.1 Å². The summed E-state index contributed by atoms with van der Waals surface area (Å²) in [7, 11) is 0. The smallest absolute Gasteiger partial charge is 0.407 e. The van der Waals surface area contributed by atoms with E-state index >= 15 is 0 Å². The first-order valence-electron chi connectivity index (χ1n) is 8.01. The monoisotopic (exact) mass is 333 g/mol. The van der Waals surface area contributed by atoms with Crippen LogP contribution in [0.4, 0.5) is 4.79 Å². The summed E-state index contributed by atoms with van der Waals surface area (Å²) >= 11 is 0. The largest absolute Gasteiger partial charge is 0.465 e. The molecule has 1 fully saturated rings. The van der Waals surface area contributed by atoms with Crippen LogP contribution in [-0.2, 0) is 16.1 Å². The first-order valence-corrected chi connectivity index (χ1v) is 8.01. The fraction of sp³-hybridized carbons (Fsp3) is 0.471. The molecule has 0 radical (unpaired) electrons. The molecule has 1 amide bonds. The van der Waals surface area contributed by atoms with E-state index in [-0.39, 0.29) is 12.0 Å². The predicted octanol–water partition coefficient (Wildman–Crippen LogP) is 1.84. The third kappa shape index (κ3) is 5.06. The standard InChI is InChI=1S/C17H23N3O4/c1-3-24-16(21)7-6-15-5-4-14(10-18-15)12-19-8-9-20(17(22)23)13(2)11-19/h4-7,10,13H,3,8-9,11-12H2,1-2H3,(H,22,23)/b7-6+/t13-/m0/s1. The van der Waals surface area contributed by atoms with Crippen molar-refractivity contribution in [2.45, 2.75) is 26.4 Å². The number of hydrogen-bond acceptors (Lipinski definition) is 5. The fourth-order valence-corrected chi connectivity index (χ4v) is 2.69. The molecule has 1 N–H and O–H groups in total. The van der Waals surface area contributed by atoms with E-state index in [0.717, 1.165) is 12.1 Å². The van der Waals surface area contributed by atoms with Crippen LogP contribution in [0, 0.1) is 0 Å². The molecule has 1 saturated heterocycles. The Labute approximate surface area is 141 Å². The minimum Gasteiger partial charge on any atom is -0.465 e. The second-order valence-electron chi connectivity index (χ2n) is 5.74. The van der Waals surface area contributed by atoms with Gasteiger partial charge in [0.15, 0.2) is 0 Å². The highest BCUT2D eigenvalue weighted by Gasteiger charge is 2.26.